The van der Waals surface area contributed by atoms with Crippen LogP contribution in [0.2, 0.25) is 5.02 Å². The molecule has 1 atom stereocenters. The number of nitrogens with zero attached hydrogens (tertiary/aromatic N) is 4. The van der Waals surface area contributed by atoms with Crippen LogP contribution in [0, 0.1) is 0 Å². The quantitative estimate of drug-likeness (QED) is 0.375. The van der Waals surface area contributed by atoms with Crippen LogP contribution in [0.3, 0.4) is 0 Å². The van der Waals surface area contributed by atoms with Gasteiger partial charge in [0.2, 0.25) is 5.78 Å². The van der Waals surface area contributed by atoms with Gasteiger partial charge < -0.3 is 5.73 Å². The van der Waals surface area contributed by atoms with Crippen molar-refractivity contribution in [2.24, 2.45) is 5.73 Å². The minimum absolute atomic E-state index is 0.129. The highest BCUT2D eigenvalue weighted by molar-refractivity contribution is 6.40. The summed E-state index contributed by atoms with van der Waals surface area (Å²) in [6.07, 6.45) is 6.25. The number of amides is 2. The number of carbonyl (C=O) groups excluding carboxylic acids is 3. The summed E-state index contributed by atoms with van der Waals surface area (Å²) in [5, 5.41) is 0.533. The highest BCUT2D eigenvalue weighted by atomic mass is 35.5. The Bertz CT molecular complexity index is 1150. The van der Waals surface area contributed by atoms with E-state index in [1.165, 1.54) is 18.6 Å². The second kappa shape index (κ2) is 10.4. The molecule has 0 aliphatic rings. The maximum atomic E-state index is 13.2. The Morgan fingerprint density at radius 2 is 1.91 bits per heavy atom. The zero-order chi connectivity index (χ0) is 23.3. The highest BCUT2D eigenvalue weighted by Crippen LogP contribution is 2.27. The standard InChI is InChI=1S/C22H21Cl2N5O3/c1-2-3-10-18(19(30)20(25)31)29(24)22(32)15-8-6-11-26-21(15)28-12-17(27-13-28)14-7-4-5-9-16(14)23/h4-9,11-13,18H,2-3,10H2,1H3,(H2,25,31). The number of aromatic nitrogens is 3. The molecule has 0 fully saturated rings. The molecule has 10 heteroatoms. The molecule has 0 spiro atoms. The zero-order valence-electron chi connectivity index (χ0n) is 17.2. The monoisotopic (exact) mass is 473 g/mol. The van der Waals surface area contributed by atoms with E-state index >= 15 is 0 Å². The predicted octanol–water partition coefficient (Wildman–Crippen LogP) is 3.80. The van der Waals surface area contributed by atoms with Crippen molar-refractivity contribution in [3.63, 3.8) is 0 Å². The summed E-state index contributed by atoms with van der Waals surface area (Å²) in [5.41, 5.74) is 6.60. The Morgan fingerprint density at radius 3 is 2.59 bits per heavy atom. The molecule has 0 aliphatic carbocycles. The fourth-order valence-electron chi connectivity index (χ4n) is 3.18. The van der Waals surface area contributed by atoms with Crippen LogP contribution < -0.4 is 5.73 Å². The average molecular weight is 474 g/mol. The van der Waals surface area contributed by atoms with Crippen LogP contribution in [0.25, 0.3) is 17.1 Å². The number of Topliss-reactive ketones (excluding diaryl/α,β-unsaturated/α-hetero) is 1. The summed E-state index contributed by atoms with van der Waals surface area (Å²) in [5.74, 6) is -2.49. The number of carbonyl (C=O) groups is 3. The first-order valence-electron chi connectivity index (χ1n) is 9.92. The van der Waals surface area contributed by atoms with Gasteiger partial charge in [-0.25, -0.2) is 14.4 Å². The van der Waals surface area contributed by atoms with Gasteiger partial charge in [-0.1, -0.05) is 49.6 Å². The molecule has 0 radical (unpaired) electrons. The normalized spacial score (nSPS) is 11.7. The molecule has 1 aromatic carbocycles. The molecule has 0 aliphatic heterocycles. The lowest BCUT2D eigenvalue weighted by Gasteiger charge is -2.23. The third-order valence-corrected chi connectivity index (χ3v) is 5.56. The lowest BCUT2D eigenvalue weighted by molar-refractivity contribution is -0.138. The summed E-state index contributed by atoms with van der Waals surface area (Å²) in [7, 11) is 0. The van der Waals surface area contributed by atoms with E-state index in [-0.39, 0.29) is 17.8 Å². The van der Waals surface area contributed by atoms with Gasteiger partial charge in [-0.3, -0.25) is 19.0 Å². The van der Waals surface area contributed by atoms with Crippen LogP contribution in [0.4, 0.5) is 0 Å². The van der Waals surface area contributed by atoms with Crippen molar-refractivity contribution in [3.05, 3.63) is 65.7 Å². The second-order valence-electron chi connectivity index (χ2n) is 7.02. The number of nitrogens with two attached hydrogens (primary N) is 1. The van der Waals surface area contributed by atoms with E-state index in [1.807, 2.05) is 25.1 Å². The Morgan fingerprint density at radius 1 is 1.16 bits per heavy atom. The summed E-state index contributed by atoms with van der Waals surface area (Å²) >= 11 is 12.5. The lowest BCUT2D eigenvalue weighted by Crippen LogP contribution is -2.44. The van der Waals surface area contributed by atoms with Crippen LogP contribution in [0.1, 0.15) is 36.5 Å². The van der Waals surface area contributed by atoms with Crippen molar-refractivity contribution in [2.75, 3.05) is 0 Å². The molecule has 0 bridgehead atoms. The first-order chi connectivity index (χ1) is 15.3. The number of halogens is 2. The Hall–Kier alpha value is -3.23. The number of ketones is 1. The molecule has 0 saturated heterocycles. The van der Waals surface area contributed by atoms with Gasteiger partial charge in [-0.05, 0) is 24.6 Å². The van der Waals surface area contributed by atoms with Gasteiger partial charge in [0.1, 0.15) is 12.4 Å². The molecule has 3 aromatic rings. The summed E-state index contributed by atoms with van der Waals surface area (Å²) in [6, 6.07) is 9.17. The Kier molecular flexibility index (Phi) is 7.61. The van der Waals surface area contributed by atoms with Crippen LogP contribution >= 0.6 is 23.4 Å². The number of hydrogen-bond acceptors (Lipinski definition) is 5. The molecule has 2 aromatic heterocycles. The van der Waals surface area contributed by atoms with Crippen LogP contribution in [0.5, 0.6) is 0 Å². The van der Waals surface area contributed by atoms with E-state index in [0.29, 0.717) is 17.1 Å². The number of benzene rings is 1. The van der Waals surface area contributed by atoms with E-state index in [9.17, 15) is 14.4 Å². The minimum atomic E-state index is -1.17. The molecule has 1 unspecified atom stereocenters. The van der Waals surface area contributed by atoms with Gasteiger partial charge in [0.05, 0.1) is 16.3 Å². The van der Waals surface area contributed by atoms with Gasteiger partial charge in [0.25, 0.3) is 11.8 Å². The van der Waals surface area contributed by atoms with Crippen molar-refractivity contribution in [2.45, 2.75) is 32.2 Å². The van der Waals surface area contributed by atoms with E-state index in [0.717, 1.165) is 16.4 Å². The number of unbranched alkanes of at least 4 members (excludes halogenated alkanes) is 1. The molecule has 166 valence electrons. The van der Waals surface area contributed by atoms with E-state index in [2.05, 4.69) is 9.97 Å². The topological polar surface area (TPSA) is 111 Å². The van der Waals surface area contributed by atoms with Crippen molar-refractivity contribution in [1.29, 1.82) is 0 Å². The Labute approximate surface area is 195 Å². The minimum Gasteiger partial charge on any atom is -0.363 e. The predicted molar refractivity (Wildman–Crippen MR) is 121 cm³/mol. The molecule has 8 nitrogen and oxygen atoms in total. The third kappa shape index (κ3) is 4.98. The molecule has 2 N–H and O–H groups in total. The molecule has 2 amide bonds. The fraction of sp³-hybridized carbons (Fsp3) is 0.227. The first-order valence-corrected chi connectivity index (χ1v) is 10.6. The number of imidazole rings is 1. The molecular formula is C22H21Cl2N5O3. The van der Waals surface area contributed by atoms with Crippen LogP contribution in [0.15, 0.2) is 55.1 Å². The van der Waals surface area contributed by atoms with Crippen LogP contribution in [-0.4, -0.2) is 42.6 Å². The molecular weight excluding hydrogens is 453 g/mol. The molecule has 3 rings (SSSR count). The van der Waals surface area contributed by atoms with E-state index < -0.39 is 23.6 Å². The maximum absolute atomic E-state index is 13.2. The zero-order valence-corrected chi connectivity index (χ0v) is 18.8. The van der Waals surface area contributed by atoms with Gasteiger partial charge in [-0.2, -0.15) is 0 Å². The number of primary amides is 1. The molecule has 0 saturated carbocycles. The second-order valence-corrected chi connectivity index (χ2v) is 7.79. The lowest BCUT2D eigenvalue weighted by atomic mass is 10.0. The molecule has 2 heterocycles. The summed E-state index contributed by atoms with van der Waals surface area (Å²) in [4.78, 5) is 45.6. The smallest absolute Gasteiger partial charge is 0.287 e. The van der Waals surface area contributed by atoms with Crippen molar-refractivity contribution in [3.8, 4) is 17.1 Å². The van der Waals surface area contributed by atoms with Gasteiger partial charge in [0.15, 0.2) is 5.82 Å². The number of pyridine rings is 1. The Balaban J connectivity index is 1.95. The van der Waals surface area contributed by atoms with Gasteiger partial charge >= 0.3 is 0 Å². The van der Waals surface area contributed by atoms with Crippen molar-refractivity contribution >= 4 is 41.0 Å². The van der Waals surface area contributed by atoms with E-state index in [4.69, 9.17) is 29.1 Å². The van der Waals surface area contributed by atoms with E-state index in [1.54, 1.807) is 22.9 Å². The third-order valence-electron chi connectivity index (χ3n) is 4.84. The van der Waals surface area contributed by atoms with Gasteiger partial charge in [0, 0.05) is 29.7 Å². The summed E-state index contributed by atoms with van der Waals surface area (Å²) in [6.45, 7) is 1.92. The molecule has 32 heavy (non-hydrogen) atoms. The fourth-order valence-corrected chi connectivity index (χ4v) is 3.69. The number of hydrogen-bond donors (Lipinski definition) is 1. The first kappa shape index (κ1) is 23.4. The summed E-state index contributed by atoms with van der Waals surface area (Å²) < 4.78 is 2.29. The number of rotatable bonds is 9. The average Bonchev–Trinajstić information content (AvgIpc) is 3.28. The highest BCUT2D eigenvalue weighted by Gasteiger charge is 2.33. The maximum Gasteiger partial charge on any atom is 0.287 e. The van der Waals surface area contributed by atoms with Gasteiger partial charge in [-0.15, -0.1) is 0 Å². The SMILES string of the molecule is CCCCC(C(=O)C(N)=O)N(Cl)C(=O)c1cccnc1-n1cnc(-c2ccccc2Cl)c1. The van der Waals surface area contributed by atoms with Crippen LogP contribution in [-0.2, 0) is 9.59 Å². The van der Waals surface area contributed by atoms with Crippen molar-refractivity contribution in [1.82, 2.24) is 19.0 Å². The van der Waals surface area contributed by atoms with Crippen molar-refractivity contribution < 1.29 is 14.4 Å². The largest absolute Gasteiger partial charge is 0.363 e.